The first-order valence-corrected chi connectivity index (χ1v) is 11.7. The second-order valence-electron chi connectivity index (χ2n) is 3.26. The first kappa shape index (κ1) is 18.2. The second-order valence-corrected chi connectivity index (χ2v) is 7.79. The van der Waals surface area contributed by atoms with Gasteiger partial charge in [-0.2, -0.15) is 18.8 Å². The molecule has 1 fully saturated rings. The average Bonchev–Trinajstić information content (AvgIpc) is 2.33. The predicted octanol–water partition coefficient (Wildman–Crippen LogP) is 4.53. The molecule has 17 heavy (non-hydrogen) atoms. The van der Waals surface area contributed by atoms with Crippen LogP contribution in [0.5, 0.6) is 0 Å². The van der Waals surface area contributed by atoms with Crippen molar-refractivity contribution < 1.29 is 16.5 Å². The molecule has 1 saturated heterocycles. The predicted molar refractivity (Wildman–Crippen MR) is 81.2 cm³/mol. The Morgan fingerprint density at radius 1 is 1.29 bits per heavy atom. The topological polar surface area (TPSA) is 28.2 Å². The summed E-state index contributed by atoms with van der Waals surface area (Å²) in [5.41, 5.74) is 0. The summed E-state index contributed by atoms with van der Waals surface area (Å²) in [7, 11) is 9.75. The fourth-order valence-corrected chi connectivity index (χ4v) is 1.52. The molecule has 0 aromatic carbocycles. The van der Waals surface area contributed by atoms with Gasteiger partial charge < -0.3 is 10.6 Å². The van der Waals surface area contributed by atoms with E-state index in [2.05, 4.69) is 35.9 Å². The van der Waals surface area contributed by atoms with E-state index in [9.17, 15) is 0 Å². The molecule has 2 rings (SSSR count). The van der Waals surface area contributed by atoms with Crippen LogP contribution in [0.15, 0.2) is 23.3 Å². The van der Waals surface area contributed by atoms with Crippen molar-refractivity contribution >= 4 is 44.1 Å². The molecule has 0 amide bonds. The van der Waals surface area contributed by atoms with Gasteiger partial charge in [0.25, 0.3) is 0 Å². The van der Waals surface area contributed by atoms with E-state index in [0.717, 1.165) is 24.5 Å². The van der Waals surface area contributed by atoms with Crippen molar-refractivity contribution in [2.45, 2.75) is 18.1 Å². The Bertz CT molecular complexity index is 234. The van der Waals surface area contributed by atoms with E-state index in [1.807, 2.05) is 12.2 Å². The summed E-state index contributed by atoms with van der Waals surface area (Å²) >= 11 is 7.90. The number of allylic oxidation sites excluding steroid dienone is 1. The molecular weight excluding hydrogens is 478 g/mol. The van der Waals surface area contributed by atoms with Gasteiger partial charge in [0.15, 0.2) is 0 Å². The Labute approximate surface area is 131 Å². The van der Waals surface area contributed by atoms with Gasteiger partial charge in [0, 0.05) is 0 Å². The van der Waals surface area contributed by atoms with E-state index < -0.39 is 16.5 Å². The van der Waals surface area contributed by atoms with Gasteiger partial charge in [0.2, 0.25) is 0 Å². The molecule has 2 aliphatic heterocycles. The summed E-state index contributed by atoms with van der Waals surface area (Å²) in [5, 5.41) is 8.74. The van der Waals surface area contributed by atoms with Crippen LogP contribution in [0.25, 0.3) is 10.6 Å². The number of piperidine rings is 1. The Hall–Kier alpha value is 1.21. The summed E-state index contributed by atoms with van der Waals surface area (Å²) in [6.07, 6.45) is 7.96. The van der Waals surface area contributed by atoms with Gasteiger partial charge in [0.05, 0.1) is 0 Å². The summed E-state index contributed by atoms with van der Waals surface area (Å²) in [6.45, 7) is 2.86. The first-order valence-electron chi connectivity index (χ1n) is 5.06. The van der Waals surface area contributed by atoms with Crippen LogP contribution in [0.3, 0.4) is 0 Å². The summed E-state index contributed by atoms with van der Waals surface area (Å²) in [4.78, 5) is 1.01. The van der Waals surface area contributed by atoms with Gasteiger partial charge in [-0.15, -0.1) is 32.3 Å². The molecule has 102 valence electrons. The zero-order valence-corrected chi connectivity index (χ0v) is 14.8. The average molecular weight is 494 g/mol. The summed E-state index contributed by atoms with van der Waals surface area (Å²) in [5.74, 6) is 0. The number of halogens is 2. The Morgan fingerprint density at radius 3 is 2.12 bits per heavy atom. The molecule has 0 radical (unpaired) electrons. The van der Waals surface area contributed by atoms with Crippen LogP contribution in [-0.2, 0) is 16.5 Å². The van der Waals surface area contributed by atoms with Gasteiger partial charge in [0.1, 0.15) is 0 Å². The second kappa shape index (κ2) is 13.6. The standard InChI is InChI=1S/C5H10NS.C5H6NS.2ClH.Pt/c2*7-5-1-3-6-4-2-5;;;/h5,7H,1-4H2;1-3,7H,4H2;2*1H;/q2*-1;;;+4/p-2. The molecule has 0 saturated carbocycles. The van der Waals surface area contributed by atoms with Crippen LogP contribution in [0, 0.1) is 0 Å². The summed E-state index contributed by atoms with van der Waals surface area (Å²) in [6, 6.07) is 0. The Morgan fingerprint density at radius 2 is 1.88 bits per heavy atom. The van der Waals surface area contributed by atoms with Crippen LogP contribution >= 0.6 is 44.1 Å². The van der Waals surface area contributed by atoms with E-state index in [0.29, 0.717) is 5.25 Å². The molecule has 0 aromatic rings. The molecule has 0 bridgehead atoms. The molecule has 0 N–H and O–H groups in total. The fraction of sp³-hybridized carbons (Fsp3) is 0.600. The number of hydrogen-bond donors (Lipinski definition) is 2. The monoisotopic (exact) mass is 493 g/mol. The Kier molecular flexibility index (Phi) is 14.6. The molecule has 0 aliphatic carbocycles. The Balaban J connectivity index is 0.000000247. The van der Waals surface area contributed by atoms with Crippen molar-refractivity contribution in [3.05, 3.63) is 33.9 Å². The molecular formula is C10H16Cl2N2PtS2. The first-order chi connectivity index (χ1) is 8.20. The maximum atomic E-state index is 4.88. The van der Waals surface area contributed by atoms with Crippen molar-refractivity contribution in [3.63, 3.8) is 0 Å². The normalized spacial score (nSPS) is 19.2. The van der Waals surface area contributed by atoms with Crippen molar-refractivity contribution in [1.82, 2.24) is 0 Å². The van der Waals surface area contributed by atoms with Crippen LogP contribution in [0.2, 0.25) is 0 Å². The molecule has 2 heterocycles. The zero-order chi connectivity index (χ0) is 12.9. The van der Waals surface area contributed by atoms with Gasteiger partial charge in [-0.05, 0) is 10.2 Å². The minimum atomic E-state index is -0.472. The number of nitrogens with zero attached hydrogens (tertiary/aromatic N) is 2. The minimum absolute atomic E-state index is 0.472. The molecule has 0 atom stereocenters. The van der Waals surface area contributed by atoms with E-state index in [1.54, 1.807) is 6.20 Å². The summed E-state index contributed by atoms with van der Waals surface area (Å²) < 4.78 is 0. The fourth-order valence-electron chi connectivity index (χ4n) is 1.14. The van der Waals surface area contributed by atoms with E-state index in [1.165, 1.54) is 12.8 Å². The third-order valence-corrected chi connectivity index (χ3v) is 2.85. The van der Waals surface area contributed by atoms with Crippen molar-refractivity contribution in [1.29, 1.82) is 0 Å². The van der Waals surface area contributed by atoms with Crippen LogP contribution in [0.4, 0.5) is 0 Å². The van der Waals surface area contributed by atoms with E-state index in [4.69, 9.17) is 18.8 Å². The van der Waals surface area contributed by atoms with Crippen molar-refractivity contribution in [3.8, 4) is 0 Å². The molecule has 2 aliphatic rings. The molecule has 0 spiro atoms. The van der Waals surface area contributed by atoms with Crippen molar-refractivity contribution in [2.75, 3.05) is 19.6 Å². The van der Waals surface area contributed by atoms with Gasteiger partial charge >= 0.3 is 35.3 Å². The maximum absolute atomic E-state index is 4.88. The third kappa shape index (κ3) is 13.4. The van der Waals surface area contributed by atoms with Crippen LogP contribution in [-0.4, -0.2) is 24.9 Å². The molecule has 0 unspecified atom stereocenters. The van der Waals surface area contributed by atoms with Crippen molar-refractivity contribution in [2.24, 2.45) is 0 Å². The molecule has 0 aromatic heterocycles. The van der Waals surface area contributed by atoms with Gasteiger partial charge in [-0.1, -0.05) is 25.0 Å². The quantitative estimate of drug-likeness (QED) is 0.464. The van der Waals surface area contributed by atoms with Crippen LogP contribution in [0.1, 0.15) is 12.8 Å². The zero-order valence-electron chi connectivity index (χ0n) is 9.21. The third-order valence-electron chi connectivity index (χ3n) is 2.00. The van der Waals surface area contributed by atoms with Gasteiger partial charge in [-0.3, -0.25) is 0 Å². The molecule has 7 heteroatoms. The van der Waals surface area contributed by atoms with Gasteiger partial charge in [-0.25, -0.2) is 0 Å². The number of hydrogen-bond acceptors (Lipinski definition) is 2. The number of thiol groups is 2. The van der Waals surface area contributed by atoms with E-state index in [-0.39, 0.29) is 0 Å². The number of rotatable bonds is 0. The van der Waals surface area contributed by atoms with Crippen LogP contribution < -0.4 is 0 Å². The molecule has 2 nitrogen and oxygen atoms in total. The SMILES string of the molecule is SC1=CC[N-]C=C1.SC1CC[N-]CC1.[Cl][Pt+2][Cl]. The van der Waals surface area contributed by atoms with E-state index >= 15 is 0 Å².